The molecule has 0 bridgehead atoms. The molecule has 0 spiro atoms. The summed E-state index contributed by atoms with van der Waals surface area (Å²) in [5, 5.41) is 3.31. The highest BCUT2D eigenvalue weighted by molar-refractivity contribution is 5.60. The monoisotopic (exact) mass is 270 g/mol. The second kappa shape index (κ2) is 6.37. The first kappa shape index (κ1) is 14.3. The van der Waals surface area contributed by atoms with E-state index in [2.05, 4.69) is 60.0 Å². The van der Waals surface area contributed by atoms with Crippen LogP contribution in [0.15, 0.2) is 30.5 Å². The molecule has 1 aromatic heterocycles. The molecule has 2 rings (SSSR count). The Labute approximate surface area is 120 Å². The number of rotatable bonds is 5. The SMILES string of the molecule is CCN(CC)c1ccnc(Nc2cccc(C)c2C)n1. The van der Waals surface area contributed by atoms with Crippen LogP contribution in [0.1, 0.15) is 25.0 Å². The van der Waals surface area contributed by atoms with Gasteiger partial charge in [0.2, 0.25) is 5.95 Å². The number of aryl methyl sites for hydroxylation is 1. The van der Waals surface area contributed by atoms with Crippen molar-refractivity contribution >= 4 is 17.5 Å². The minimum absolute atomic E-state index is 0.642. The summed E-state index contributed by atoms with van der Waals surface area (Å²) in [5.41, 5.74) is 3.54. The molecule has 1 heterocycles. The van der Waals surface area contributed by atoms with Crippen LogP contribution < -0.4 is 10.2 Å². The Morgan fingerprint density at radius 2 is 1.85 bits per heavy atom. The number of nitrogens with one attached hydrogen (secondary N) is 1. The topological polar surface area (TPSA) is 41.1 Å². The summed E-state index contributed by atoms with van der Waals surface area (Å²) in [6, 6.07) is 8.14. The molecule has 1 N–H and O–H groups in total. The molecule has 4 heteroatoms. The molecular formula is C16H22N4. The zero-order valence-corrected chi connectivity index (χ0v) is 12.6. The predicted octanol–water partition coefficient (Wildman–Crippen LogP) is 3.68. The van der Waals surface area contributed by atoms with Crippen LogP contribution in [-0.2, 0) is 0 Å². The maximum absolute atomic E-state index is 4.58. The van der Waals surface area contributed by atoms with Crippen LogP contribution in [0, 0.1) is 13.8 Å². The Morgan fingerprint density at radius 3 is 2.55 bits per heavy atom. The predicted molar refractivity (Wildman–Crippen MR) is 84.8 cm³/mol. The molecule has 0 aliphatic heterocycles. The smallest absolute Gasteiger partial charge is 0.229 e. The van der Waals surface area contributed by atoms with Crippen LogP contribution >= 0.6 is 0 Å². The fourth-order valence-corrected chi connectivity index (χ4v) is 2.14. The van der Waals surface area contributed by atoms with Gasteiger partial charge in [-0.25, -0.2) is 4.98 Å². The molecule has 0 amide bonds. The van der Waals surface area contributed by atoms with Crippen molar-refractivity contribution in [1.29, 1.82) is 0 Å². The van der Waals surface area contributed by atoms with Crippen molar-refractivity contribution in [2.24, 2.45) is 0 Å². The summed E-state index contributed by atoms with van der Waals surface area (Å²) in [4.78, 5) is 11.1. The second-order valence-corrected chi connectivity index (χ2v) is 4.78. The zero-order valence-electron chi connectivity index (χ0n) is 12.6. The van der Waals surface area contributed by atoms with Crippen LogP contribution in [0.5, 0.6) is 0 Å². The molecule has 0 aliphatic carbocycles. The molecule has 0 saturated heterocycles. The molecule has 20 heavy (non-hydrogen) atoms. The molecule has 106 valence electrons. The molecule has 0 saturated carbocycles. The normalized spacial score (nSPS) is 10.4. The van der Waals surface area contributed by atoms with Crippen molar-refractivity contribution < 1.29 is 0 Å². The summed E-state index contributed by atoms with van der Waals surface area (Å²) in [6.07, 6.45) is 1.80. The van der Waals surface area contributed by atoms with Crippen LogP contribution in [0.4, 0.5) is 17.5 Å². The standard InChI is InChI=1S/C16H22N4/c1-5-20(6-2)15-10-11-17-16(19-15)18-14-9-7-8-12(3)13(14)4/h7-11H,5-6H2,1-4H3,(H,17,18,19). The van der Waals surface area contributed by atoms with Crippen molar-refractivity contribution in [3.05, 3.63) is 41.6 Å². The Hall–Kier alpha value is -2.10. The average Bonchev–Trinajstić information content (AvgIpc) is 2.46. The molecule has 4 nitrogen and oxygen atoms in total. The lowest BCUT2D eigenvalue weighted by Crippen LogP contribution is -2.23. The molecular weight excluding hydrogens is 248 g/mol. The molecule has 1 aromatic carbocycles. The van der Waals surface area contributed by atoms with E-state index in [1.165, 1.54) is 11.1 Å². The van der Waals surface area contributed by atoms with Gasteiger partial charge < -0.3 is 10.2 Å². The number of aromatic nitrogens is 2. The Balaban J connectivity index is 2.26. The summed E-state index contributed by atoms with van der Waals surface area (Å²) in [6.45, 7) is 10.3. The third-order valence-corrected chi connectivity index (χ3v) is 3.58. The third-order valence-electron chi connectivity index (χ3n) is 3.58. The van der Waals surface area contributed by atoms with Gasteiger partial charge in [0.25, 0.3) is 0 Å². The van der Waals surface area contributed by atoms with Crippen LogP contribution in [0.2, 0.25) is 0 Å². The first-order valence-corrected chi connectivity index (χ1v) is 7.07. The highest BCUT2D eigenvalue weighted by Gasteiger charge is 2.07. The van der Waals surface area contributed by atoms with Gasteiger partial charge in [0.15, 0.2) is 0 Å². The van der Waals surface area contributed by atoms with E-state index in [-0.39, 0.29) is 0 Å². The second-order valence-electron chi connectivity index (χ2n) is 4.78. The molecule has 0 radical (unpaired) electrons. The Kier molecular flexibility index (Phi) is 4.56. The quantitative estimate of drug-likeness (QED) is 0.899. The first-order chi connectivity index (χ1) is 9.65. The van der Waals surface area contributed by atoms with E-state index >= 15 is 0 Å². The van der Waals surface area contributed by atoms with Crippen LogP contribution in [0.3, 0.4) is 0 Å². The van der Waals surface area contributed by atoms with Crippen molar-refractivity contribution in [3.63, 3.8) is 0 Å². The fourth-order valence-electron chi connectivity index (χ4n) is 2.14. The highest BCUT2D eigenvalue weighted by atomic mass is 15.2. The molecule has 0 unspecified atom stereocenters. The van der Waals surface area contributed by atoms with Crippen molar-refractivity contribution in [3.8, 4) is 0 Å². The van der Waals surface area contributed by atoms with Gasteiger partial charge in [0, 0.05) is 25.0 Å². The fraction of sp³-hybridized carbons (Fsp3) is 0.375. The molecule has 0 fully saturated rings. The van der Waals surface area contributed by atoms with E-state index in [9.17, 15) is 0 Å². The summed E-state index contributed by atoms with van der Waals surface area (Å²) in [5.74, 6) is 1.60. The van der Waals surface area contributed by atoms with E-state index in [1.54, 1.807) is 6.20 Å². The first-order valence-electron chi connectivity index (χ1n) is 7.07. The molecule has 0 atom stereocenters. The minimum Gasteiger partial charge on any atom is -0.357 e. The van der Waals surface area contributed by atoms with Crippen molar-refractivity contribution in [1.82, 2.24) is 9.97 Å². The average molecular weight is 270 g/mol. The summed E-state index contributed by atoms with van der Waals surface area (Å²) in [7, 11) is 0. The van der Waals surface area contributed by atoms with Gasteiger partial charge in [0.05, 0.1) is 0 Å². The summed E-state index contributed by atoms with van der Waals surface area (Å²) >= 11 is 0. The van der Waals surface area contributed by atoms with Gasteiger partial charge in [-0.05, 0) is 51.0 Å². The molecule has 0 aliphatic rings. The maximum Gasteiger partial charge on any atom is 0.229 e. The highest BCUT2D eigenvalue weighted by Crippen LogP contribution is 2.21. The zero-order chi connectivity index (χ0) is 14.5. The number of benzene rings is 1. The third kappa shape index (κ3) is 3.07. The van der Waals surface area contributed by atoms with Crippen molar-refractivity contribution in [2.75, 3.05) is 23.3 Å². The lowest BCUT2D eigenvalue weighted by atomic mass is 10.1. The van der Waals surface area contributed by atoms with Crippen LogP contribution in [0.25, 0.3) is 0 Å². The van der Waals surface area contributed by atoms with E-state index in [1.807, 2.05) is 12.1 Å². The largest absolute Gasteiger partial charge is 0.357 e. The van der Waals surface area contributed by atoms with Crippen molar-refractivity contribution in [2.45, 2.75) is 27.7 Å². The van der Waals surface area contributed by atoms with Gasteiger partial charge in [-0.1, -0.05) is 12.1 Å². The van der Waals surface area contributed by atoms with Gasteiger partial charge >= 0.3 is 0 Å². The van der Waals surface area contributed by atoms with E-state index in [4.69, 9.17) is 0 Å². The van der Waals surface area contributed by atoms with Gasteiger partial charge in [-0.3, -0.25) is 0 Å². The van der Waals surface area contributed by atoms with Gasteiger partial charge in [-0.15, -0.1) is 0 Å². The minimum atomic E-state index is 0.642. The number of nitrogens with zero attached hydrogens (tertiary/aromatic N) is 3. The lowest BCUT2D eigenvalue weighted by Gasteiger charge is -2.20. The van der Waals surface area contributed by atoms with E-state index < -0.39 is 0 Å². The van der Waals surface area contributed by atoms with Crippen LogP contribution in [-0.4, -0.2) is 23.1 Å². The maximum atomic E-state index is 4.58. The molecule has 2 aromatic rings. The Bertz CT molecular complexity index is 576. The number of hydrogen-bond donors (Lipinski definition) is 1. The lowest BCUT2D eigenvalue weighted by molar-refractivity contribution is 0.843. The van der Waals surface area contributed by atoms with Gasteiger partial charge in [0.1, 0.15) is 5.82 Å². The Morgan fingerprint density at radius 1 is 1.10 bits per heavy atom. The summed E-state index contributed by atoms with van der Waals surface area (Å²) < 4.78 is 0. The van der Waals surface area contributed by atoms with Gasteiger partial charge in [-0.2, -0.15) is 4.98 Å². The van der Waals surface area contributed by atoms with E-state index in [0.29, 0.717) is 5.95 Å². The number of hydrogen-bond acceptors (Lipinski definition) is 4. The van der Waals surface area contributed by atoms with E-state index in [0.717, 1.165) is 24.6 Å². The number of anilines is 3.